The number of hydrogen-bond acceptors (Lipinski definition) is 5. The topological polar surface area (TPSA) is 115 Å². The average molecular weight is 259 g/mol. The van der Waals surface area contributed by atoms with Crippen LogP contribution in [-0.4, -0.2) is 30.7 Å². The SMILES string of the molecule is Cc1c([N+](=O)[O-])cc(C(=O)O)cc1S(C)(=O)=O. The number of nitrogens with zero attached hydrogens (tertiary/aromatic N) is 1. The van der Waals surface area contributed by atoms with Crippen LogP contribution in [0.1, 0.15) is 15.9 Å². The molecular weight excluding hydrogens is 250 g/mol. The lowest BCUT2D eigenvalue weighted by Crippen LogP contribution is -2.07. The summed E-state index contributed by atoms with van der Waals surface area (Å²) in [5.74, 6) is -1.42. The minimum atomic E-state index is -3.71. The largest absolute Gasteiger partial charge is 0.478 e. The Kier molecular flexibility index (Phi) is 3.18. The molecule has 0 atom stereocenters. The summed E-state index contributed by atoms with van der Waals surface area (Å²) in [6.07, 6.45) is 0.866. The zero-order chi connectivity index (χ0) is 13.4. The molecule has 0 aliphatic heterocycles. The average Bonchev–Trinajstić information content (AvgIpc) is 2.15. The van der Waals surface area contributed by atoms with Crippen LogP contribution in [0.5, 0.6) is 0 Å². The fraction of sp³-hybridized carbons (Fsp3) is 0.222. The molecule has 0 aliphatic carbocycles. The summed E-state index contributed by atoms with van der Waals surface area (Å²) in [4.78, 5) is 20.3. The number of carboxylic acids is 1. The van der Waals surface area contributed by atoms with Gasteiger partial charge in [0.05, 0.1) is 15.4 Å². The van der Waals surface area contributed by atoms with Gasteiger partial charge in [-0.3, -0.25) is 10.1 Å². The molecule has 0 spiro atoms. The van der Waals surface area contributed by atoms with Gasteiger partial charge in [0.2, 0.25) is 0 Å². The van der Waals surface area contributed by atoms with E-state index < -0.39 is 32.0 Å². The molecule has 0 unspecified atom stereocenters. The van der Waals surface area contributed by atoms with Gasteiger partial charge >= 0.3 is 5.97 Å². The van der Waals surface area contributed by atoms with Crippen molar-refractivity contribution >= 4 is 21.5 Å². The lowest BCUT2D eigenvalue weighted by Gasteiger charge is -2.06. The highest BCUT2D eigenvalue weighted by atomic mass is 32.2. The number of nitro benzene ring substituents is 1. The Labute approximate surface area is 96.8 Å². The molecule has 1 aromatic carbocycles. The third-order valence-electron chi connectivity index (χ3n) is 2.18. The Morgan fingerprint density at radius 1 is 1.41 bits per heavy atom. The highest BCUT2D eigenvalue weighted by Crippen LogP contribution is 2.27. The van der Waals surface area contributed by atoms with Crippen LogP contribution in [0.2, 0.25) is 0 Å². The smallest absolute Gasteiger partial charge is 0.335 e. The van der Waals surface area contributed by atoms with Gasteiger partial charge in [0.15, 0.2) is 9.84 Å². The third kappa shape index (κ3) is 2.59. The Bertz CT molecular complexity index is 604. The summed E-state index contributed by atoms with van der Waals surface area (Å²) in [6, 6.07) is 1.76. The van der Waals surface area contributed by atoms with Gasteiger partial charge in [0, 0.05) is 17.9 Å². The van der Waals surface area contributed by atoms with Crippen molar-refractivity contribution in [1.29, 1.82) is 0 Å². The van der Waals surface area contributed by atoms with E-state index in [1.165, 1.54) is 6.92 Å². The van der Waals surface area contributed by atoms with Gasteiger partial charge in [-0.15, -0.1) is 0 Å². The molecule has 0 aliphatic rings. The quantitative estimate of drug-likeness (QED) is 0.639. The lowest BCUT2D eigenvalue weighted by atomic mass is 10.1. The van der Waals surface area contributed by atoms with E-state index in [-0.39, 0.29) is 10.5 Å². The predicted octanol–water partition coefficient (Wildman–Crippen LogP) is 1.00. The third-order valence-corrected chi connectivity index (χ3v) is 3.40. The minimum absolute atomic E-state index is 0.0671. The second-order valence-electron chi connectivity index (χ2n) is 3.45. The van der Waals surface area contributed by atoms with Crippen molar-refractivity contribution in [1.82, 2.24) is 0 Å². The van der Waals surface area contributed by atoms with Crippen LogP contribution in [0.15, 0.2) is 17.0 Å². The predicted molar refractivity (Wildman–Crippen MR) is 57.9 cm³/mol. The highest BCUT2D eigenvalue weighted by molar-refractivity contribution is 7.90. The van der Waals surface area contributed by atoms with Crippen LogP contribution in [0, 0.1) is 17.0 Å². The number of carboxylic acid groups (broad SMARTS) is 1. The molecule has 7 nitrogen and oxygen atoms in total. The number of carbonyl (C=O) groups is 1. The number of rotatable bonds is 3. The molecule has 0 saturated heterocycles. The molecule has 0 heterocycles. The van der Waals surface area contributed by atoms with Crippen molar-refractivity contribution in [3.8, 4) is 0 Å². The van der Waals surface area contributed by atoms with Crippen LogP contribution in [0.4, 0.5) is 5.69 Å². The lowest BCUT2D eigenvalue weighted by molar-refractivity contribution is -0.385. The fourth-order valence-corrected chi connectivity index (χ4v) is 2.37. The standard InChI is InChI=1S/C9H9NO6S/c1-5-7(10(13)14)3-6(9(11)12)4-8(5)17(2,15)16/h3-4H,1-2H3,(H,11,12). The maximum atomic E-state index is 11.4. The molecule has 0 aromatic heterocycles. The normalized spacial score (nSPS) is 11.2. The second-order valence-corrected chi connectivity index (χ2v) is 5.44. The molecule has 0 saturated carbocycles. The first-order valence-corrected chi connectivity index (χ1v) is 6.26. The van der Waals surface area contributed by atoms with Crippen molar-refractivity contribution in [2.75, 3.05) is 6.26 Å². The van der Waals surface area contributed by atoms with Crippen molar-refractivity contribution in [3.63, 3.8) is 0 Å². The second kappa shape index (κ2) is 4.13. The molecule has 1 N–H and O–H groups in total. The van der Waals surface area contributed by atoms with E-state index in [2.05, 4.69) is 0 Å². The van der Waals surface area contributed by atoms with Crippen LogP contribution >= 0.6 is 0 Å². The maximum absolute atomic E-state index is 11.4. The Morgan fingerprint density at radius 3 is 2.29 bits per heavy atom. The maximum Gasteiger partial charge on any atom is 0.335 e. The first kappa shape index (κ1) is 13.1. The van der Waals surface area contributed by atoms with Crippen molar-refractivity contribution in [3.05, 3.63) is 33.4 Å². The monoisotopic (exact) mass is 259 g/mol. The molecule has 92 valence electrons. The molecule has 8 heteroatoms. The van der Waals surface area contributed by atoms with Gasteiger partial charge in [-0.05, 0) is 13.0 Å². The highest BCUT2D eigenvalue weighted by Gasteiger charge is 2.23. The van der Waals surface area contributed by atoms with Crippen LogP contribution in [0.25, 0.3) is 0 Å². The van der Waals surface area contributed by atoms with Crippen LogP contribution < -0.4 is 0 Å². The van der Waals surface area contributed by atoms with E-state index in [9.17, 15) is 23.3 Å². The van der Waals surface area contributed by atoms with E-state index in [1.54, 1.807) is 0 Å². The minimum Gasteiger partial charge on any atom is -0.478 e. The Balaban J connectivity index is 3.73. The molecule has 0 amide bonds. The number of benzene rings is 1. The Morgan fingerprint density at radius 2 is 1.94 bits per heavy atom. The number of sulfone groups is 1. The van der Waals surface area contributed by atoms with Crippen molar-refractivity contribution in [2.45, 2.75) is 11.8 Å². The summed E-state index contributed by atoms with van der Waals surface area (Å²) in [5.41, 5.74) is -1.02. The summed E-state index contributed by atoms with van der Waals surface area (Å²) < 4.78 is 22.8. The summed E-state index contributed by atoms with van der Waals surface area (Å²) in [6.45, 7) is 1.26. The molecule has 0 fully saturated rings. The van der Waals surface area contributed by atoms with Gasteiger partial charge in [-0.2, -0.15) is 0 Å². The first-order valence-electron chi connectivity index (χ1n) is 4.37. The zero-order valence-corrected chi connectivity index (χ0v) is 9.82. The fourth-order valence-electron chi connectivity index (χ4n) is 1.37. The summed E-state index contributed by atoms with van der Waals surface area (Å²) in [5, 5.41) is 19.4. The molecule has 0 radical (unpaired) electrons. The van der Waals surface area contributed by atoms with Gasteiger partial charge in [0.25, 0.3) is 5.69 Å². The zero-order valence-electron chi connectivity index (χ0n) is 9.00. The summed E-state index contributed by atoms with van der Waals surface area (Å²) >= 11 is 0. The molecule has 1 aromatic rings. The van der Waals surface area contributed by atoms with Gasteiger partial charge in [-0.1, -0.05) is 0 Å². The Hall–Kier alpha value is -1.96. The molecule has 1 rings (SSSR count). The number of aromatic carboxylic acids is 1. The van der Waals surface area contributed by atoms with E-state index >= 15 is 0 Å². The van der Waals surface area contributed by atoms with E-state index in [0.29, 0.717) is 0 Å². The molecule has 17 heavy (non-hydrogen) atoms. The van der Waals surface area contributed by atoms with Gasteiger partial charge < -0.3 is 5.11 Å². The van der Waals surface area contributed by atoms with Gasteiger partial charge in [0.1, 0.15) is 0 Å². The molecular formula is C9H9NO6S. The van der Waals surface area contributed by atoms with Gasteiger partial charge in [-0.25, -0.2) is 13.2 Å². The van der Waals surface area contributed by atoms with E-state index in [4.69, 9.17) is 5.11 Å². The summed E-state index contributed by atoms with van der Waals surface area (Å²) in [7, 11) is -3.71. The van der Waals surface area contributed by atoms with Crippen molar-refractivity contribution < 1.29 is 23.2 Å². The van der Waals surface area contributed by atoms with Crippen molar-refractivity contribution in [2.24, 2.45) is 0 Å². The number of nitro groups is 1. The van der Waals surface area contributed by atoms with E-state index in [1.807, 2.05) is 0 Å². The van der Waals surface area contributed by atoms with E-state index in [0.717, 1.165) is 18.4 Å². The molecule has 0 bridgehead atoms. The number of hydrogen-bond donors (Lipinski definition) is 1. The van der Waals surface area contributed by atoms with Crippen LogP contribution in [0.3, 0.4) is 0 Å². The van der Waals surface area contributed by atoms with Crippen LogP contribution in [-0.2, 0) is 9.84 Å². The first-order chi connectivity index (χ1) is 7.64.